The van der Waals surface area contributed by atoms with Gasteiger partial charge in [0, 0.05) is 6.42 Å². The van der Waals surface area contributed by atoms with Gasteiger partial charge in [-0.2, -0.15) is 0 Å². The second-order valence-electron chi connectivity index (χ2n) is 5.39. The predicted octanol–water partition coefficient (Wildman–Crippen LogP) is -1.45. The number of hydrogen-bond acceptors (Lipinski definition) is 7. The van der Waals surface area contributed by atoms with Crippen molar-refractivity contribution in [1.82, 2.24) is 5.06 Å². The summed E-state index contributed by atoms with van der Waals surface area (Å²) in [6.45, 7) is -0.470. The van der Waals surface area contributed by atoms with E-state index in [1.54, 1.807) is 30.3 Å². The van der Waals surface area contributed by atoms with Crippen LogP contribution in [0, 0.1) is 0 Å². The average Bonchev–Trinajstić information content (AvgIpc) is 2.57. The lowest BCUT2D eigenvalue weighted by atomic mass is 10.1. The van der Waals surface area contributed by atoms with Gasteiger partial charge >= 0.3 is 7.60 Å². The largest absolute Gasteiger partial charge is 0.390 e. The molecule has 1 amide bonds. The summed E-state index contributed by atoms with van der Waals surface area (Å²) in [5.74, 6) is -2.18. The van der Waals surface area contributed by atoms with Crippen LogP contribution in [0.5, 0.6) is 0 Å². The number of rotatable bonds is 11. The molecule has 0 bridgehead atoms. The quantitative estimate of drug-likeness (QED) is 0.153. The molecule has 0 aromatic heterocycles. The van der Waals surface area contributed by atoms with Crippen LogP contribution in [0.2, 0.25) is 0 Å². The number of benzene rings is 1. The summed E-state index contributed by atoms with van der Waals surface area (Å²) >= 11 is 0. The highest BCUT2D eigenvalue weighted by atomic mass is 31.2. The van der Waals surface area contributed by atoms with Crippen molar-refractivity contribution in [2.75, 3.05) is 6.54 Å². The van der Waals surface area contributed by atoms with Crippen LogP contribution in [0.15, 0.2) is 30.3 Å². The molecule has 0 saturated heterocycles. The van der Waals surface area contributed by atoms with Crippen molar-refractivity contribution < 1.29 is 44.4 Å². The molecule has 0 saturated carbocycles. The van der Waals surface area contributed by atoms with Crippen molar-refractivity contribution >= 4 is 14.0 Å². The summed E-state index contributed by atoms with van der Waals surface area (Å²) in [4.78, 5) is 33.6. The van der Waals surface area contributed by atoms with E-state index in [2.05, 4.69) is 0 Å². The molecule has 1 rings (SSSR count). The number of amides is 1. The Hall–Kier alpha value is -1.36. The minimum Gasteiger partial charge on any atom is -0.390 e. The van der Waals surface area contributed by atoms with Crippen molar-refractivity contribution in [2.45, 2.75) is 37.2 Å². The van der Waals surface area contributed by atoms with Crippen LogP contribution in [0.25, 0.3) is 0 Å². The maximum atomic E-state index is 11.0. The lowest BCUT2D eigenvalue weighted by molar-refractivity contribution is -0.192. The third-order valence-electron chi connectivity index (χ3n) is 3.35. The van der Waals surface area contributed by atoms with E-state index >= 15 is 0 Å². The molecular weight excluding hydrogens is 357 g/mol. The van der Waals surface area contributed by atoms with Crippen molar-refractivity contribution in [3.8, 4) is 0 Å². The maximum absolute atomic E-state index is 11.0. The van der Waals surface area contributed by atoms with E-state index in [-0.39, 0.29) is 13.0 Å². The van der Waals surface area contributed by atoms with Gasteiger partial charge in [0.15, 0.2) is 5.85 Å². The predicted molar refractivity (Wildman–Crippen MR) is 84.7 cm³/mol. The summed E-state index contributed by atoms with van der Waals surface area (Å²) in [5, 5.41) is 39.2. The summed E-state index contributed by atoms with van der Waals surface area (Å²) in [5.41, 5.74) is 0.759. The molecule has 0 aliphatic rings. The van der Waals surface area contributed by atoms with Crippen LogP contribution in [-0.2, 0) is 20.8 Å². The average molecular weight is 379 g/mol. The van der Waals surface area contributed by atoms with E-state index in [4.69, 9.17) is 14.6 Å². The Labute approximate surface area is 144 Å². The smallest absolute Gasteiger partial charge is 0.353 e. The molecule has 10 nitrogen and oxygen atoms in total. The monoisotopic (exact) mass is 379 g/mol. The molecule has 4 atom stereocenters. The lowest BCUT2D eigenvalue weighted by Crippen LogP contribution is -2.45. The lowest BCUT2D eigenvalue weighted by Gasteiger charge is -2.27. The van der Waals surface area contributed by atoms with Crippen LogP contribution in [0.4, 0.5) is 0 Å². The Morgan fingerprint density at radius 2 is 1.68 bits per heavy atom. The molecule has 0 aliphatic heterocycles. The van der Waals surface area contributed by atoms with Crippen LogP contribution in [0.1, 0.15) is 12.0 Å². The topological polar surface area (TPSA) is 168 Å². The van der Waals surface area contributed by atoms with Crippen LogP contribution < -0.4 is 0 Å². The summed E-state index contributed by atoms with van der Waals surface area (Å²) in [7, 11) is -4.85. The van der Waals surface area contributed by atoms with E-state index < -0.39 is 44.7 Å². The van der Waals surface area contributed by atoms with Gasteiger partial charge in [0.25, 0.3) is 0 Å². The first-order valence-electron chi connectivity index (χ1n) is 7.31. The van der Waals surface area contributed by atoms with Crippen LogP contribution >= 0.6 is 7.60 Å². The molecule has 142 valence electrons. The van der Waals surface area contributed by atoms with Gasteiger partial charge in [0.1, 0.15) is 18.8 Å². The first kappa shape index (κ1) is 21.7. The molecule has 11 heteroatoms. The Morgan fingerprint density at radius 1 is 1.08 bits per heavy atom. The molecule has 6 N–H and O–H groups in total. The zero-order valence-corrected chi connectivity index (χ0v) is 14.1. The molecular formula is C14H22NO9P. The number of carbonyl (C=O) groups excluding carboxylic acids is 1. The van der Waals surface area contributed by atoms with E-state index in [9.17, 15) is 29.8 Å². The zero-order chi connectivity index (χ0) is 19.0. The van der Waals surface area contributed by atoms with Gasteiger partial charge in [-0.1, -0.05) is 30.3 Å². The molecule has 1 unspecified atom stereocenters. The molecule has 0 heterocycles. The highest BCUT2D eigenvalue weighted by Crippen LogP contribution is 2.41. The molecule has 1 aromatic rings. The van der Waals surface area contributed by atoms with E-state index in [1.807, 2.05) is 0 Å². The first-order valence-corrected chi connectivity index (χ1v) is 8.99. The number of carbonyl (C=O) groups is 1. The summed E-state index contributed by atoms with van der Waals surface area (Å²) in [6.07, 6.45) is -5.92. The summed E-state index contributed by atoms with van der Waals surface area (Å²) in [6, 6.07) is 8.84. The highest BCUT2D eigenvalue weighted by Gasteiger charge is 2.34. The third kappa shape index (κ3) is 7.59. The third-order valence-corrected chi connectivity index (χ3v) is 4.34. The minimum absolute atomic E-state index is 0.0296. The molecule has 0 aliphatic carbocycles. The number of hydroxylamine groups is 2. The van der Waals surface area contributed by atoms with Crippen molar-refractivity contribution in [1.29, 1.82) is 0 Å². The minimum atomic E-state index is -4.85. The van der Waals surface area contributed by atoms with Gasteiger partial charge in [-0.05, 0) is 5.56 Å². The van der Waals surface area contributed by atoms with Gasteiger partial charge in [-0.15, -0.1) is 0 Å². The molecule has 25 heavy (non-hydrogen) atoms. The number of hydrogen-bond donors (Lipinski definition) is 6. The van der Waals surface area contributed by atoms with Crippen LogP contribution in [0.3, 0.4) is 0 Å². The highest BCUT2D eigenvalue weighted by molar-refractivity contribution is 7.52. The Morgan fingerprint density at radius 3 is 2.20 bits per heavy atom. The van der Waals surface area contributed by atoms with E-state index in [0.29, 0.717) is 5.06 Å². The fraction of sp³-hybridized carbons (Fsp3) is 0.500. The second-order valence-corrected chi connectivity index (χ2v) is 7.17. The Kier molecular flexibility index (Phi) is 8.63. The fourth-order valence-corrected chi connectivity index (χ4v) is 2.39. The van der Waals surface area contributed by atoms with Crippen molar-refractivity contribution in [3.05, 3.63) is 35.9 Å². The van der Waals surface area contributed by atoms with Gasteiger partial charge in [-0.3, -0.25) is 14.2 Å². The zero-order valence-electron chi connectivity index (χ0n) is 13.2. The van der Waals surface area contributed by atoms with Crippen molar-refractivity contribution in [2.24, 2.45) is 0 Å². The molecule has 0 spiro atoms. The normalized spacial score (nSPS) is 16.7. The van der Waals surface area contributed by atoms with Gasteiger partial charge in [0.05, 0.1) is 12.6 Å². The van der Waals surface area contributed by atoms with E-state index in [0.717, 1.165) is 5.56 Å². The number of aliphatic hydroxyl groups excluding tert-OH is 4. The SMILES string of the molecule is O=CN(C[C@H](O)[C@H](O)[C@H](O)CC(O)P(=O)(O)O)OCc1ccccc1. The molecule has 1 aromatic carbocycles. The first-order chi connectivity index (χ1) is 11.6. The Bertz CT molecular complexity index is 567. The second kappa shape index (κ2) is 9.95. The molecule has 0 radical (unpaired) electrons. The van der Waals surface area contributed by atoms with Gasteiger partial charge in [-0.25, -0.2) is 5.06 Å². The number of aliphatic hydroxyl groups is 4. The van der Waals surface area contributed by atoms with Crippen molar-refractivity contribution in [3.63, 3.8) is 0 Å². The Balaban J connectivity index is 2.51. The number of nitrogens with zero attached hydrogens (tertiary/aromatic N) is 1. The van der Waals surface area contributed by atoms with Crippen LogP contribution in [-0.4, -0.2) is 72.4 Å². The maximum Gasteiger partial charge on any atom is 0.353 e. The van der Waals surface area contributed by atoms with E-state index in [1.165, 1.54) is 0 Å². The summed E-state index contributed by atoms with van der Waals surface area (Å²) < 4.78 is 10.8. The molecule has 0 fully saturated rings. The standard InChI is InChI=1S/C14H22NO9P/c16-9-15(24-8-10-4-2-1-3-5-10)7-12(18)14(20)11(17)6-13(19)25(21,22)23/h1-5,9,11-14,17-20H,6-8H2,(H2,21,22,23)/t11-,12+,13?,14-/m1/s1. The van der Waals surface area contributed by atoms with Gasteiger partial charge < -0.3 is 30.2 Å². The fourth-order valence-electron chi connectivity index (χ4n) is 1.90. The van der Waals surface area contributed by atoms with Gasteiger partial charge in [0.2, 0.25) is 6.41 Å².